The van der Waals surface area contributed by atoms with Gasteiger partial charge >= 0.3 is 5.97 Å². The van der Waals surface area contributed by atoms with Crippen LogP contribution in [0.15, 0.2) is 18.2 Å². The van der Waals surface area contributed by atoms with Crippen molar-refractivity contribution in [2.75, 3.05) is 6.61 Å². The first-order chi connectivity index (χ1) is 7.54. The van der Waals surface area contributed by atoms with Crippen molar-refractivity contribution in [2.45, 2.75) is 13.8 Å². The van der Waals surface area contributed by atoms with Crippen molar-refractivity contribution in [3.63, 3.8) is 0 Å². The third kappa shape index (κ3) is 3.20. The molecule has 0 atom stereocenters. The number of carbonyl (C=O) groups is 2. The number of ether oxygens (including phenoxy) is 1. The third-order valence-electron chi connectivity index (χ3n) is 1.74. The average Bonchev–Trinajstić information content (AvgIpc) is 2.65. The van der Waals surface area contributed by atoms with Gasteiger partial charge in [0, 0.05) is 11.0 Å². The molecule has 0 unspecified atom stereocenters. The molecule has 0 fully saturated rings. The van der Waals surface area contributed by atoms with Gasteiger partial charge in [-0.1, -0.05) is 0 Å². The summed E-state index contributed by atoms with van der Waals surface area (Å²) in [5.41, 5.74) is 0. The van der Waals surface area contributed by atoms with Crippen LogP contribution < -0.4 is 0 Å². The Labute approximate surface area is 97.2 Å². The quantitative estimate of drug-likeness (QED) is 0.379. The van der Waals surface area contributed by atoms with Gasteiger partial charge in [0.25, 0.3) is 5.78 Å². The van der Waals surface area contributed by atoms with E-state index in [9.17, 15) is 14.7 Å². The molecule has 0 aliphatic carbocycles. The van der Waals surface area contributed by atoms with Crippen LogP contribution in [0.2, 0.25) is 0 Å². The second-order valence-corrected chi connectivity index (χ2v) is 4.31. The Morgan fingerprint density at radius 2 is 2.19 bits per heavy atom. The smallest absolute Gasteiger partial charge is 0.379 e. The van der Waals surface area contributed by atoms with Crippen LogP contribution in [0.5, 0.6) is 0 Å². The summed E-state index contributed by atoms with van der Waals surface area (Å²) in [5.74, 6) is -2.02. The van der Waals surface area contributed by atoms with Gasteiger partial charge in [0.15, 0.2) is 0 Å². The number of carbonyl (C=O) groups excluding carboxylic acids is 2. The molecule has 0 aliphatic rings. The molecule has 5 heteroatoms. The largest absolute Gasteiger partial charge is 0.506 e. The van der Waals surface area contributed by atoms with Gasteiger partial charge in [-0.05, 0) is 26.0 Å². The SMILES string of the molecule is CCOC(=O)C(=O)C=C(O)c1ccc(C)s1. The van der Waals surface area contributed by atoms with E-state index in [4.69, 9.17) is 0 Å². The van der Waals surface area contributed by atoms with Gasteiger partial charge in [0.05, 0.1) is 11.5 Å². The van der Waals surface area contributed by atoms with Crippen molar-refractivity contribution in [1.82, 2.24) is 0 Å². The van der Waals surface area contributed by atoms with Crippen molar-refractivity contribution in [3.05, 3.63) is 28.0 Å². The highest BCUT2D eigenvalue weighted by atomic mass is 32.1. The Balaban J connectivity index is 2.77. The maximum Gasteiger partial charge on any atom is 0.379 e. The van der Waals surface area contributed by atoms with E-state index in [2.05, 4.69) is 4.74 Å². The van der Waals surface area contributed by atoms with Crippen molar-refractivity contribution >= 4 is 28.8 Å². The summed E-state index contributed by atoms with van der Waals surface area (Å²) in [6.07, 6.45) is 0.878. The zero-order valence-corrected chi connectivity index (χ0v) is 9.84. The van der Waals surface area contributed by atoms with Gasteiger partial charge < -0.3 is 9.84 Å². The van der Waals surface area contributed by atoms with Crippen molar-refractivity contribution in [2.24, 2.45) is 0 Å². The van der Waals surface area contributed by atoms with Crippen molar-refractivity contribution in [3.8, 4) is 0 Å². The second-order valence-electron chi connectivity index (χ2n) is 3.02. The maximum absolute atomic E-state index is 11.2. The second kappa shape index (κ2) is 5.46. The maximum atomic E-state index is 11.2. The predicted octanol–water partition coefficient (Wildman–Crippen LogP) is 2.09. The first-order valence-corrected chi connectivity index (χ1v) is 5.54. The number of rotatable bonds is 4. The van der Waals surface area contributed by atoms with Crippen LogP contribution in [-0.2, 0) is 14.3 Å². The number of ketones is 1. The van der Waals surface area contributed by atoms with Crippen LogP contribution in [-0.4, -0.2) is 23.5 Å². The van der Waals surface area contributed by atoms with Crippen LogP contribution >= 0.6 is 11.3 Å². The van der Waals surface area contributed by atoms with Gasteiger partial charge in [-0.25, -0.2) is 4.79 Å². The lowest BCUT2D eigenvalue weighted by molar-refractivity contribution is -0.151. The number of aliphatic hydroxyl groups is 1. The number of aliphatic hydroxyl groups excluding tert-OH is 1. The summed E-state index contributed by atoms with van der Waals surface area (Å²) in [5, 5.41) is 9.56. The number of thiophene rings is 1. The molecule has 1 N–H and O–H groups in total. The van der Waals surface area contributed by atoms with Crippen molar-refractivity contribution in [1.29, 1.82) is 0 Å². The number of aryl methyl sites for hydroxylation is 1. The molecule has 0 saturated carbocycles. The lowest BCUT2D eigenvalue weighted by Gasteiger charge is -1.97. The highest BCUT2D eigenvalue weighted by Crippen LogP contribution is 2.21. The first-order valence-electron chi connectivity index (χ1n) is 4.73. The minimum atomic E-state index is -0.956. The Morgan fingerprint density at radius 3 is 2.69 bits per heavy atom. The molecule has 1 heterocycles. The molecule has 0 amide bonds. The summed E-state index contributed by atoms with van der Waals surface area (Å²) < 4.78 is 4.50. The van der Waals surface area contributed by atoms with Crippen molar-refractivity contribution < 1.29 is 19.4 Å². The summed E-state index contributed by atoms with van der Waals surface area (Å²) >= 11 is 1.34. The topological polar surface area (TPSA) is 63.6 Å². The molecule has 0 saturated heterocycles. The summed E-state index contributed by atoms with van der Waals surface area (Å²) in [7, 11) is 0. The standard InChI is InChI=1S/C11H12O4S/c1-3-15-11(14)9(13)6-8(12)10-5-4-7(2)16-10/h4-6,12H,3H2,1-2H3. The van der Waals surface area contributed by atoms with E-state index in [1.165, 1.54) is 11.3 Å². The molecule has 1 aromatic rings. The number of esters is 1. The van der Waals surface area contributed by atoms with Gasteiger partial charge in [-0.3, -0.25) is 4.79 Å². The van der Waals surface area contributed by atoms with E-state index in [0.29, 0.717) is 4.88 Å². The van der Waals surface area contributed by atoms with Gasteiger partial charge in [-0.2, -0.15) is 0 Å². The molecule has 1 rings (SSSR count). The number of hydrogen-bond acceptors (Lipinski definition) is 5. The Hall–Kier alpha value is -1.62. The molecule has 0 aromatic carbocycles. The van der Waals surface area contributed by atoms with E-state index >= 15 is 0 Å². The average molecular weight is 240 g/mol. The summed E-state index contributed by atoms with van der Waals surface area (Å²) in [6, 6.07) is 3.50. The molecule has 0 radical (unpaired) electrons. The summed E-state index contributed by atoms with van der Waals surface area (Å²) in [6.45, 7) is 3.63. The Bertz CT molecular complexity index is 431. The molecule has 16 heavy (non-hydrogen) atoms. The zero-order valence-electron chi connectivity index (χ0n) is 9.02. The van der Waals surface area contributed by atoms with E-state index < -0.39 is 11.8 Å². The molecule has 4 nitrogen and oxygen atoms in total. The zero-order chi connectivity index (χ0) is 12.1. The van der Waals surface area contributed by atoms with E-state index in [1.54, 1.807) is 13.0 Å². The highest BCUT2D eigenvalue weighted by Gasteiger charge is 2.14. The van der Waals surface area contributed by atoms with E-state index in [0.717, 1.165) is 11.0 Å². The fourth-order valence-corrected chi connectivity index (χ4v) is 1.81. The van der Waals surface area contributed by atoms with Gasteiger partial charge in [0.2, 0.25) is 0 Å². The lowest BCUT2D eigenvalue weighted by atomic mass is 10.3. The minimum Gasteiger partial charge on any atom is -0.506 e. The van der Waals surface area contributed by atoms with Crippen LogP contribution in [0.3, 0.4) is 0 Å². The fraction of sp³-hybridized carbons (Fsp3) is 0.273. The van der Waals surface area contributed by atoms with Crippen LogP contribution in [0.4, 0.5) is 0 Å². The molecule has 0 bridgehead atoms. The Morgan fingerprint density at radius 1 is 1.50 bits per heavy atom. The normalized spacial score (nSPS) is 11.2. The molecule has 0 spiro atoms. The minimum absolute atomic E-state index is 0.136. The van der Waals surface area contributed by atoms with Crippen LogP contribution in [0.25, 0.3) is 5.76 Å². The highest BCUT2D eigenvalue weighted by molar-refractivity contribution is 7.13. The van der Waals surface area contributed by atoms with Crippen LogP contribution in [0, 0.1) is 6.92 Å². The van der Waals surface area contributed by atoms with Gasteiger partial charge in [-0.15, -0.1) is 11.3 Å². The van der Waals surface area contributed by atoms with Crippen LogP contribution in [0.1, 0.15) is 16.7 Å². The molecule has 86 valence electrons. The monoisotopic (exact) mass is 240 g/mol. The number of hydrogen-bond donors (Lipinski definition) is 1. The molecular weight excluding hydrogens is 228 g/mol. The molecule has 1 aromatic heterocycles. The molecular formula is C11H12O4S. The summed E-state index contributed by atoms with van der Waals surface area (Å²) in [4.78, 5) is 23.8. The van der Waals surface area contributed by atoms with E-state index in [1.807, 2.05) is 13.0 Å². The lowest BCUT2D eigenvalue weighted by Crippen LogP contribution is -2.15. The first kappa shape index (κ1) is 12.4. The molecule has 0 aliphatic heterocycles. The predicted molar refractivity (Wildman–Crippen MR) is 61.3 cm³/mol. The van der Waals surface area contributed by atoms with Gasteiger partial charge in [0.1, 0.15) is 5.76 Å². The van der Waals surface area contributed by atoms with E-state index in [-0.39, 0.29) is 12.4 Å². The Kier molecular flexibility index (Phi) is 4.25. The third-order valence-corrected chi connectivity index (χ3v) is 2.76. The fourth-order valence-electron chi connectivity index (χ4n) is 1.03.